The van der Waals surface area contributed by atoms with Crippen LogP contribution in [0.3, 0.4) is 0 Å². The average Bonchev–Trinajstić information content (AvgIpc) is 3.59. The molecule has 32 heavy (non-hydrogen) atoms. The molecule has 6 rings (SSSR count). The van der Waals surface area contributed by atoms with Crippen molar-refractivity contribution in [2.24, 2.45) is 0 Å². The molecular weight excluding hydrogens is 428 g/mol. The average molecular weight is 457 g/mol. The molecule has 0 bridgehead atoms. The number of benzene rings is 1. The fourth-order valence-corrected chi connectivity index (χ4v) is 5.86. The molecule has 1 N–H and O–H groups in total. The third-order valence-corrected chi connectivity index (χ3v) is 7.80. The molecular formula is C24H29ClN4O3. The maximum atomic E-state index is 13.2. The predicted octanol–water partition coefficient (Wildman–Crippen LogP) is 3.52. The lowest BCUT2D eigenvalue weighted by molar-refractivity contribution is -0.139. The minimum atomic E-state index is -0.0928. The van der Waals surface area contributed by atoms with E-state index in [1.165, 1.54) is 29.3 Å². The molecule has 170 valence electrons. The van der Waals surface area contributed by atoms with Crippen LogP contribution in [-0.2, 0) is 9.53 Å². The third kappa shape index (κ3) is 3.65. The van der Waals surface area contributed by atoms with Gasteiger partial charge in [0.25, 0.3) is 0 Å². The summed E-state index contributed by atoms with van der Waals surface area (Å²) in [6.45, 7) is 2.86. The van der Waals surface area contributed by atoms with E-state index in [4.69, 9.17) is 16.3 Å². The Morgan fingerprint density at radius 2 is 1.84 bits per heavy atom. The molecule has 2 atom stereocenters. The highest BCUT2D eigenvalue weighted by atomic mass is 35.5. The number of carbonyl (C=O) groups is 2. The number of morpholine rings is 1. The van der Waals surface area contributed by atoms with E-state index in [0.29, 0.717) is 25.0 Å². The zero-order chi connectivity index (χ0) is 21.8. The number of ether oxygens (including phenoxy) is 1. The molecule has 8 heteroatoms. The van der Waals surface area contributed by atoms with Crippen LogP contribution in [0.4, 0.5) is 4.79 Å². The molecule has 0 radical (unpaired) electrons. The van der Waals surface area contributed by atoms with Gasteiger partial charge < -0.3 is 24.4 Å². The summed E-state index contributed by atoms with van der Waals surface area (Å²) in [4.78, 5) is 28.7. The van der Waals surface area contributed by atoms with Crippen molar-refractivity contribution in [2.45, 2.75) is 56.2 Å². The van der Waals surface area contributed by atoms with Crippen molar-refractivity contribution in [3.8, 4) is 0 Å². The molecule has 4 heterocycles. The van der Waals surface area contributed by atoms with Crippen LogP contribution in [0.2, 0.25) is 5.02 Å². The summed E-state index contributed by atoms with van der Waals surface area (Å²) in [5, 5.41) is 5.03. The van der Waals surface area contributed by atoms with Crippen LogP contribution in [0.5, 0.6) is 0 Å². The summed E-state index contributed by atoms with van der Waals surface area (Å²) in [5.74, 6) is 0.351. The van der Waals surface area contributed by atoms with Crippen LogP contribution in [0.15, 0.2) is 24.4 Å². The van der Waals surface area contributed by atoms with Gasteiger partial charge in [0.2, 0.25) is 5.91 Å². The second-order valence-electron chi connectivity index (χ2n) is 9.69. The minimum Gasteiger partial charge on any atom is -0.366 e. The normalized spacial score (nSPS) is 26.8. The Kier molecular flexibility index (Phi) is 5.06. The first-order chi connectivity index (χ1) is 15.6. The molecule has 1 saturated carbocycles. The SMILES string of the molecule is O=C1CO[C@H]2CCN(C(=O)N3CCC(c4cn(C5CC5)c5ccc(Cl)cc45)CC3)C[C@H]2N1. The van der Waals surface area contributed by atoms with E-state index in [0.717, 1.165) is 37.4 Å². The summed E-state index contributed by atoms with van der Waals surface area (Å²) in [7, 11) is 0. The molecule has 4 aliphatic rings. The summed E-state index contributed by atoms with van der Waals surface area (Å²) < 4.78 is 8.06. The first-order valence-corrected chi connectivity index (χ1v) is 12.2. The van der Waals surface area contributed by atoms with Crippen LogP contribution < -0.4 is 5.32 Å². The zero-order valence-corrected chi connectivity index (χ0v) is 18.9. The number of likely N-dealkylation sites (tertiary alicyclic amines) is 2. The van der Waals surface area contributed by atoms with Crippen molar-refractivity contribution in [3.05, 3.63) is 35.0 Å². The van der Waals surface area contributed by atoms with Gasteiger partial charge in [0.15, 0.2) is 0 Å². The van der Waals surface area contributed by atoms with Crippen molar-refractivity contribution >= 4 is 34.4 Å². The van der Waals surface area contributed by atoms with Gasteiger partial charge in [-0.2, -0.15) is 0 Å². The topological polar surface area (TPSA) is 66.8 Å². The minimum absolute atomic E-state index is 0.0260. The third-order valence-electron chi connectivity index (χ3n) is 7.57. The second kappa shape index (κ2) is 7.96. The molecule has 1 aliphatic carbocycles. The van der Waals surface area contributed by atoms with Crippen LogP contribution in [0.25, 0.3) is 10.9 Å². The van der Waals surface area contributed by atoms with Crippen molar-refractivity contribution in [2.75, 3.05) is 32.8 Å². The summed E-state index contributed by atoms with van der Waals surface area (Å²) >= 11 is 6.34. The van der Waals surface area contributed by atoms with Gasteiger partial charge in [-0.1, -0.05) is 11.6 Å². The van der Waals surface area contributed by atoms with E-state index < -0.39 is 0 Å². The first kappa shape index (κ1) is 20.4. The van der Waals surface area contributed by atoms with E-state index >= 15 is 0 Å². The lowest BCUT2D eigenvalue weighted by atomic mass is 9.89. The van der Waals surface area contributed by atoms with E-state index in [1.807, 2.05) is 15.9 Å². The fraction of sp³-hybridized carbons (Fsp3) is 0.583. The van der Waals surface area contributed by atoms with Gasteiger partial charge in [0.1, 0.15) is 6.61 Å². The molecule has 1 aromatic carbocycles. The Morgan fingerprint density at radius 1 is 1.06 bits per heavy atom. The largest absolute Gasteiger partial charge is 0.366 e. The number of halogens is 1. The monoisotopic (exact) mass is 456 g/mol. The summed E-state index contributed by atoms with van der Waals surface area (Å²) in [6.07, 6.45) is 7.57. The molecule has 0 unspecified atom stereocenters. The number of nitrogens with zero attached hydrogens (tertiary/aromatic N) is 3. The number of nitrogens with one attached hydrogen (secondary N) is 1. The predicted molar refractivity (Wildman–Crippen MR) is 122 cm³/mol. The van der Waals surface area contributed by atoms with Gasteiger partial charge >= 0.3 is 6.03 Å². The van der Waals surface area contributed by atoms with Crippen molar-refractivity contribution in [1.29, 1.82) is 0 Å². The van der Waals surface area contributed by atoms with Gasteiger partial charge in [0, 0.05) is 54.3 Å². The highest BCUT2D eigenvalue weighted by molar-refractivity contribution is 6.31. The molecule has 2 aromatic rings. The Hall–Kier alpha value is -2.25. The zero-order valence-electron chi connectivity index (χ0n) is 18.1. The van der Waals surface area contributed by atoms with Gasteiger partial charge in [-0.15, -0.1) is 0 Å². The Balaban J connectivity index is 1.13. The number of piperidine rings is 2. The van der Waals surface area contributed by atoms with Crippen molar-refractivity contribution < 1.29 is 14.3 Å². The second-order valence-corrected chi connectivity index (χ2v) is 10.1. The van der Waals surface area contributed by atoms with Crippen LogP contribution in [0.1, 0.15) is 49.6 Å². The van der Waals surface area contributed by atoms with Gasteiger partial charge in [0.05, 0.1) is 12.1 Å². The number of rotatable bonds is 2. The van der Waals surface area contributed by atoms with Crippen molar-refractivity contribution in [1.82, 2.24) is 19.7 Å². The Bertz CT molecular complexity index is 1060. The van der Waals surface area contributed by atoms with Crippen LogP contribution in [-0.4, -0.2) is 71.2 Å². The number of hydrogen-bond acceptors (Lipinski definition) is 3. The van der Waals surface area contributed by atoms with E-state index in [2.05, 4.69) is 28.2 Å². The quantitative estimate of drug-likeness (QED) is 0.751. The molecule has 3 saturated heterocycles. The molecule has 7 nitrogen and oxygen atoms in total. The number of carbonyl (C=O) groups excluding carboxylic acids is 2. The van der Waals surface area contributed by atoms with E-state index in [9.17, 15) is 9.59 Å². The van der Waals surface area contributed by atoms with E-state index in [1.54, 1.807) is 0 Å². The highest BCUT2D eigenvalue weighted by Gasteiger charge is 2.38. The van der Waals surface area contributed by atoms with Gasteiger partial charge in [-0.25, -0.2) is 4.79 Å². The van der Waals surface area contributed by atoms with Crippen LogP contribution in [0, 0.1) is 0 Å². The summed E-state index contributed by atoms with van der Waals surface area (Å²) in [5.41, 5.74) is 2.66. The smallest absolute Gasteiger partial charge is 0.320 e. The van der Waals surface area contributed by atoms with Crippen molar-refractivity contribution in [3.63, 3.8) is 0 Å². The first-order valence-electron chi connectivity index (χ1n) is 11.8. The molecule has 1 aromatic heterocycles. The van der Waals surface area contributed by atoms with Crippen LogP contribution >= 0.6 is 11.6 Å². The lowest BCUT2D eigenvalue weighted by Crippen LogP contribution is -2.62. The number of hydrogen-bond donors (Lipinski definition) is 1. The van der Waals surface area contributed by atoms with Gasteiger partial charge in [-0.05, 0) is 61.8 Å². The summed E-state index contributed by atoms with van der Waals surface area (Å²) in [6, 6.07) is 6.86. The standard InChI is InChI=1S/C24H29ClN4O3/c25-16-1-4-21-18(11-16)19(12-29(21)17-2-3-17)15-5-8-27(9-6-15)24(31)28-10-7-22-20(13-28)26-23(30)14-32-22/h1,4,11-12,15,17,20,22H,2-3,5-10,13-14H2,(H,26,30)/t20-,22+/m1/s1. The molecule has 4 fully saturated rings. The highest BCUT2D eigenvalue weighted by Crippen LogP contribution is 2.42. The van der Waals surface area contributed by atoms with E-state index in [-0.39, 0.29) is 30.7 Å². The fourth-order valence-electron chi connectivity index (χ4n) is 5.69. The molecule has 3 aliphatic heterocycles. The Morgan fingerprint density at radius 3 is 2.62 bits per heavy atom. The maximum absolute atomic E-state index is 13.2. The number of aromatic nitrogens is 1. The molecule has 0 spiro atoms. The maximum Gasteiger partial charge on any atom is 0.320 e. The number of urea groups is 1. The van der Waals surface area contributed by atoms with Gasteiger partial charge in [-0.3, -0.25) is 4.79 Å². The lowest BCUT2D eigenvalue weighted by Gasteiger charge is -2.43. The Labute approximate surface area is 192 Å². The molecule has 3 amide bonds. The number of amides is 3. The number of fused-ring (bicyclic) bond motifs is 2.